The quantitative estimate of drug-likeness (QED) is 0.573. The second-order valence-corrected chi connectivity index (χ2v) is 10.2. The van der Waals surface area contributed by atoms with E-state index < -0.39 is 12.6 Å². The van der Waals surface area contributed by atoms with Crippen molar-refractivity contribution < 1.29 is 29.0 Å². The number of aliphatic hydroxyl groups is 1. The molecular formula is C23H30O6. The van der Waals surface area contributed by atoms with Gasteiger partial charge in [0.2, 0.25) is 0 Å². The van der Waals surface area contributed by atoms with Gasteiger partial charge in [0.1, 0.15) is 18.8 Å². The summed E-state index contributed by atoms with van der Waals surface area (Å²) >= 11 is 0. The Labute approximate surface area is 171 Å². The van der Waals surface area contributed by atoms with E-state index in [1.54, 1.807) is 0 Å². The van der Waals surface area contributed by atoms with Gasteiger partial charge in [-0.15, -0.1) is 0 Å². The Morgan fingerprint density at radius 2 is 2.00 bits per heavy atom. The van der Waals surface area contributed by atoms with Crippen molar-refractivity contribution in [2.75, 3.05) is 13.2 Å². The van der Waals surface area contributed by atoms with E-state index in [1.165, 1.54) is 5.57 Å². The van der Waals surface area contributed by atoms with Gasteiger partial charge in [-0.05, 0) is 61.9 Å². The predicted octanol–water partition coefficient (Wildman–Crippen LogP) is 2.37. The number of carbonyl (C=O) groups is 3. The third-order valence-corrected chi connectivity index (χ3v) is 9.23. The number of hydrogen-bond acceptors (Lipinski definition) is 6. The summed E-state index contributed by atoms with van der Waals surface area (Å²) in [6, 6.07) is 0. The molecule has 3 saturated carbocycles. The van der Waals surface area contributed by atoms with Crippen LogP contribution >= 0.6 is 0 Å². The Morgan fingerprint density at radius 1 is 1.21 bits per heavy atom. The molecule has 158 valence electrons. The zero-order valence-electron chi connectivity index (χ0n) is 17.2. The lowest BCUT2D eigenvalue weighted by Gasteiger charge is -2.55. The van der Waals surface area contributed by atoms with Gasteiger partial charge in [-0.1, -0.05) is 19.4 Å². The molecule has 0 bridgehead atoms. The van der Waals surface area contributed by atoms with Gasteiger partial charge in [-0.3, -0.25) is 9.59 Å². The summed E-state index contributed by atoms with van der Waals surface area (Å²) in [7, 11) is 0. The van der Waals surface area contributed by atoms with Crippen LogP contribution in [-0.2, 0) is 23.9 Å². The van der Waals surface area contributed by atoms with Crippen molar-refractivity contribution >= 4 is 17.5 Å². The minimum Gasteiger partial charge on any atom is -0.456 e. The minimum atomic E-state index is -0.752. The van der Waals surface area contributed by atoms with E-state index in [2.05, 4.69) is 13.8 Å². The maximum absolute atomic E-state index is 12.9. The van der Waals surface area contributed by atoms with Crippen LogP contribution in [0.15, 0.2) is 11.6 Å². The third kappa shape index (κ3) is 2.45. The normalized spacial score (nSPS) is 47.3. The minimum absolute atomic E-state index is 0.0316. The molecule has 5 aliphatic rings. The van der Waals surface area contributed by atoms with Gasteiger partial charge in [-0.2, -0.15) is 0 Å². The van der Waals surface area contributed by atoms with E-state index in [0.717, 1.165) is 38.5 Å². The van der Waals surface area contributed by atoms with Gasteiger partial charge in [0.15, 0.2) is 11.6 Å². The van der Waals surface area contributed by atoms with Crippen LogP contribution < -0.4 is 0 Å². The first kappa shape index (κ1) is 19.4. The van der Waals surface area contributed by atoms with Crippen LogP contribution in [0.3, 0.4) is 0 Å². The highest BCUT2D eigenvalue weighted by atomic mass is 16.6. The number of ether oxygens (including phenoxy) is 2. The third-order valence-electron chi connectivity index (χ3n) is 9.23. The lowest BCUT2D eigenvalue weighted by Crippen LogP contribution is -2.57. The largest absolute Gasteiger partial charge is 0.456 e. The highest BCUT2D eigenvalue weighted by Gasteiger charge is 2.79. The summed E-state index contributed by atoms with van der Waals surface area (Å²) in [6.45, 7) is 3.58. The molecule has 0 radical (unpaired) electrons. The molecule has 1 aliphatic heterocycles. The fourth-order valence-electron chi connectivity index (χ4n) is 7.84. The Morgan fingerprint density at radius 3 is 2.76 bits per heavy atom. The van der Waals surface area contributed by atoms with Crippen molar-refractivity contribution in [2.45, 2.75) is 70.5 Å². The summed E-state index contributed by atoms with van der Waals surface area (Å²) in [5, 5.41) is 8.83. The predicted molar refractivity (Wildman–Crippen MR) is 103 cm³/mol. The summed E-state index contributed by atoms with van der Waals surface area (Å²) in [5.74, 6) is 0.167. The first-order valence-corrected chi connectivity index (χ1v) is 11.0. The molecule has 1 spiro atoms. The number of carbonyl (C=O) groups excluding carboxylic acids is 3. The Bertz CT molecular complexity index is 816. The topological polar surface area (TPSA) is 93.2 Å². The highest BCUT2D eigenvalue weighted by molar-refractivity contribution is 5.92. The van der Waals surface area contributed by atoms with Crippen LogP contribution in [0.25, 0.3) is 0 Å². The Kier molecular flexibility index (Phi) is 4.18. The number of esters is 1. The molecule has 29 heavy (non-hydrogen) atoms. The Balaban J connectivity index is 1.41. The van der Waals surface area contributed by atoms with E-state index in [0.29, 0.717) is 18.3 Å². The van der Waals surface area contributed by atoms with Crippen molar-refractivity contribution in [1.29, 1.82) is 0 Å². The van der Waals surface area contributed by atoms with E-state index in [9.17, 15) is 14.4 Å². The first-order valence-electron chi connectivity index (χ1n) is 11.0. The van der Waals surface area contributed by atoms with Crippen LogP contribution in [0.5, 0.6) is 0 Å². The molecular weight excluding hydrogens is 372 g/mol. The SMILES string of the molecule is C[C@]12C[C@@H]3O[C@]34[C@@H](CCC3=CC(=O)CC[C@@]34C)[C@@H]1CC[C@@H]2C(=O)COC(=O)CO. The van der Waals surface area contributed by atoms with Gasteiger partial charge in [0, 0.05) is 17.8 Å². The lowest BCUT2D eigenvalue weighted by molar-refractivity contribution is -0.153. The first-order chi connectivity index (χ1) is 13.8. The molecule has 6 heteroatoms. The molecule has 7 atom stereocenters. The molecule has 1 saturated heterocycles. The van der Waals surface area contributed by atoms with Crippen molar-refractivity contribution in [1.82, 2.24) is 0 Å². The van der Waals surface area contributed by atoms with E-state index in [1.807, 2.05) is 6.08 Å². The van der Waals surface area contributed by atoms with Crippen LogP contribution in [0.4, 0.5) is 0 Å². The summed E-state index contributed by atoms with van der Waals surface area (Å²) < 4.78 is 11.5. The van der Waals surface area contributed by atoms with E-state index >= 15 is 0 Å². The summed E-state index contributed by atoms with van der Waals surface area (Å²) in [5.41, 5.74) is 0.912. The molecule has 0 unspecified atom stereocenters. The van der Waals surface area contributed by atoms with Crippen LogP contribution in [0.1, 0.15) is 58.8 Å². The smallest absolute Gasteiger partial charge is 0.332 e. The van der Waals surface area contributed by atoms with Gasteiger partial charge in [-0.25, -0.2) is 4.79 Å². The monoisotopic (exact) mass is 402 g/mol. The van der Waals surface area contributed by atoms with Crippen LogP contribution in [0, 0.1) is 28.6 Å². The second kappa shape index (κ2) is 6.24. The molecule has 5 rings (SSSR count). The fourth-order valence-corrected chi connectivity index (χ4v) is 7.84. The molecule has 0 aromatic rings. The van der Waals surface area contributed by atoms with Gasteiger partial charge in [0.05, 0.1) is 6.10 Å². The summed E-state index contributed by atoms with van der Waals surface area (Å²) in [4.78, 5) is 36.2. The van der Waals surface area contributed by atoms with Gasteiger partial charge >= 0.3 is 5.97 Å². The van der Waals surface area contributed by atoms with E-state index in [-0.39, 0.29) is 46.6 Å². The van der Waals surface area contributed by atoms with E-state index in [4.69, 9.17) is 14.6 Å². The number of hydrogen-bond donors (Lipinski definition) is 1. The van der Waals surface area contributed by atoms with Crippen molar-refractivity contribution in [3.05, 3.63) is 11.6 Å². The van der Waals surface area contributed by atoms with Crippen LogP contribution in [0.2, 0.25) is 0 Å². The standard InChI is InChI=1S/C23H30O6/c1-21-10-19-23(29-19)16(4-3-13-9-14(25)7-8-22(13,23)2)15(21)5-6-17(21)18(26)12-28-20(27)11-24/h9,15-17,19,24H,3-8,10-12H2,1-2H3/t15-,16-,17+,19-,21-,22-,23+/m0/s1. The average Bonchev–Trinajstić information content (AvgIpc) is 3.31. The molecule has 0 aromatic carbocycles. The molecule has 4 aliphatic carbocycles. The van der Waals surface area contributed by atoms with Crippen molar-refractivity contribution in [2.24, 2.45) is 28.6 Å². The van der Waals surface area contributed by atoms with Crippen molar-refractivity contribution in [3.63, 3.8) is 0 Å². The Hall–Kier alpha value is -1.53. The number of ketones is 2. The van der Waals surface area contributed by atoms with Crippen molar-refractivity contribution in [3.8, 4) is 0 Å². The number of rotatable bonds is 4. The molecule has 0 amide bonds. The number of aliphatic hydroxyl groups excluding tert-OH is 1. The maximum atomic E-state index is 12.9. The number of fused-ring (bicyclic) bond motifs is 3. The molecule has 1 heterocycles. The molecule has 0 aromatic heterocycles. The molecule has 1 N–H and O–H groups in total. The average molecular weight is 402 g/mol. The van der Waals surface area contributed by atoms with Crippen LogP contribution in [-0.4, -0.2) is 47.6 Å². The maximum Gasteiger partial charge on any atom is 0.332 e. The highest BCUT2D eigenvalue weighted by Crippen LogP contribution is 2.75. The zero-order chi connectivity index (χ0) is 20.6. The number of Topliss-reactive ketones (excluding diaryl/α,β-unsaturated/α-hetero) is 1. The van der Waals surface area contributed by atoms with Gasteiger partial charge in [0.25, 0.3) is 0 Å². The summed E-state index contributed by atoms with van der Waals surface area (Å²) in [6.07, 6.45) is 8.15. The molecule has 4 fully saturated rings. The second-order valence-electron chi connectivity index (χ2n) is 10.2. The zero-order valence-corrected chi connectivity index (χ0v) is 17.2. The van der Waals surface area contributed by atoms with Gasteiger partial charge < -0.3 is 14.6 Å². The number of epoxide rings is 1. The molecule has 6 nitrogen and oxygen atoms in total. The lowest BCUT2D eigenvalue weighted by atomic mass is 9.46. The fraction of sp³-hybridized carbons (Fsp3) is 0.783.